The fraction of sp³-hybridized carbons (Fsp3) is 0.286. The van der Waals surface area contributed by atoms with E-state index in [-0.39, 0.29) is 5.91 Å². The van der Waals surface area contributed by atoms with E-state index in [9.17, 15) is 9.59 Å². The molecular formula is C14H14Cl2N2O3. The van der Waals surface area contributed by atoms with Crippen LogP contribution in [0.1, 0.15) is 13.8 Å². The topological polar surface area (TPSA) is 58.6 Å². The summed E-state index contributed by atoms with van der Waals surface area (Å²) in [5.41, 5.74) is 1.79. The minimum atomic E-state index is -0.741. The van der Waals surface area contributed by atoms with Crippen LogP contribution in [0.3, 0.4) is 0 Å². The Balaban J connectivity index is 2.10. The Morgan fingerprint density at radius 3 is 2.48 bits per heavy atom. The molecule has 5 nitrogen and oxygen atoms in total. The lowest BCUT2D eigenvalue weighted by atomic mass is 10.2. The molecule has 0 saturated carbocycles. The van der Waals surface area contributed by atoms with Crippen molar-refractivity contribution in [2.45, 2.75) is 20.1 Å². The molecule has 1 aromatic rings. The van der Waals surface area contributed by atoms with E-state index in [1.165, 1.54) is 4.90 Å². The Morgan fingerprint density at radius 2 is 1.95 bits per heavy atom. The van der Waals surface area contributed by atoms with Gasteiger partial charge in [0.1, 0.15) is 0 Å². The van der Waals surface area contributed by atoms with Gasteiger partial charge in [-0.05, 0) is 37.6 Å². The van der Waals surface area contributed by atoms with Crippen molar-refractivity contribution >= 4 is 40.9 Å². The molecule has 112 valence electrons. The summed E-state index contributed by atoms with van der Waals surface area (Å²) < 4.78 is 5.27. The SMILES string of the molecule is CC1=C(C)C(OC(=O)N(C)c2ccc(Cl)c(Cl)c2)NC1=O. The van der Waals surface area contributed by atoms with Crippen molar-refractivity contribution in [3.05, 3.63) is 39.4 Å². The van der Waals surface area contributed by atoms with Crippen LogP contribution in [0.5, 0.6) is 0 Å². The lowest BCUT2D eigenvalue weighted by Crippen LogP contribution is -2.37. The zero-order valence-corrected chi connectivity index (χ0v) is 13.2. The van der Waals surface area contributed by atoms with Crippen molar-refractivity contribution in [1.29, 1.82) is 0 Å². The van der Waals surface area contributed by atoms with Gasteiger partial charge in [-0.15, -0.1) is 0 Å². The van der Waals surface area contributed by atoms with Gasteiger partial charge < -0.3 is 10.1 Å². The van der Waals surface area contributed by atoms with Crippen LogP contribution in [0.25, 0.3) is 0 Å². The van der Waals surface area contributed by atoms with Gasteiger partial charge in [0.2, 0.25) is 5.91 Å². The minimum absolute atomic E-state index is 0.234. The van der Waals surface area contributed by atoms with Crippen molar-refractivity contribution in [2.24, 2.45) is 0 Å². The number of hydrogen-bond donors (Lipinski definition) is 1. The van der Waals surface area contributed by atoms with Crippen LogP contribution in [-0.2, 0) is 9.53 Å². The predicted molar refractivity (Wildman–Crippen MR) is 81.7 cm³/mol. The molecule has 2 rings (SSSR count). The third kappa shape index (κ3) is 3.14. The summed E-state index contributed by atoms with van der Waals surface area (Å²) in [4.78, 5) is 24.9. The van der Waals surface area contributed by atoms with Crippen molar-refractivity contribution < 1.29 is 14.3 Å². The lowest BCUT2D eigenvalue weighted by molar-refractivity contribution is -0.118. The highest BCUT2D eigenvalue weighted by Crippen LogP contribution is 2.27. The number of rotatable bonds is 2. The average Bonchev–Trinajstić information content (AvgIpc) is 2.68. The molecule has 1 unspecified atom stereocenters. The van der Waals surface area contributed by atoms with Crippen molar-refractivity contribution in [1.82, 2.24) is 5.32 Å². The maximum absolute atomic E-state index is 12.1. The Morgan fingerprint density at radius 1 is 1.29 bits per heavy atom. The van der Waals surface area contributed by atoms with Crippen LogP contribution in [0, 0.1) is 0 Å². The summed E-state index contributed by atoms with van der Waals surface area (Å²) in [7, 11) is 1.55. The quantitative estimate of drug-likeness (QED) is 0.905. The Kier molecular flexibility index (Phi) is 4.44. The molecule has 0 aromatic heterocycles. The van der Waals surface area contributed by atoms with Gasteiger partial charge in [0.05, 0.1) is 10.0 Å². The van der Waals surface area contributed by atoms with E-state index in [1.54, 1.807) is 39.1 Å². The van der Waals surface area contributed by atoms with Gasteiger partial charge in [0.15, 0.2) is 6.23 Å². The molecule has 0 fully saturated rings. The molecule has 1 atom stereocenters. The molecule has 1 heterocycles. The molecule has 1 aliphatic heterocycles. The van der Waals surface area contributed by atoms with Gasteiger partial charge in [-0.1, -0.05) is 23.2 Å². The van der Waals surface area contributed by atoms with Crippen LogP contribution in [0.2, 0.25) is 10.0 Å². The summed E-state index contributed by atoms with van der Waals surface area (Å²) in [6.07, 6.45) is -1.34. The molecule has 1 aromatic carbocycles. The molecule has 1 aliphatic rings. The Hall–Kier alpha value is -1.72. The second-order valence-corrected chi connectivity index (χ2v) is 5.52. The summed E-state index contributed by atoms with van der Waals surface area (Å²) in [6.45, 7) is 3.42. The smallest absolute Gasteiger partial charge is 0.416 e. The molecule has 7 heteroatoms. The average molecular weight is 329 g/mol. The maximum atomic E-state index is 12.1. The predicted octanol–water partition coefficient (Wildman–Crippen LogP) is 3.36. The van der Waals surface area contributed by atoms with Crippen molar-refractivity contribution in [2.75, 3.05) is 11.9 Å². The fourth-order valence-corrected chi connectivity index (χ4v) is 2.10. The number of ether oxygens (including phenoxy) is 1. The van der Waals surface area contributed by atoms with Crippen LogP contribution >= 0.6 is 23.2 Å². The molecule has 2 amide bonds. The molecule has 21 heavy (non-hydrogen) atoms. The molecule has 0 spiro atoms. The van der Waals surface area contributed by atoms with Gasteiger partial charge in [0.25, 0.3) is 0 Å². The summed E-state index contributed by atoms with van der Waals surface area (Å²) in [5, 5.41) is 3.33. The molecule has 0 saturated heterocycles. The number of halogens is 2. The Bertz CT molecular complexity index is 643. The van der Waals surface area contributed by atoms with Crippen LogP contribution in [-0.4, -0.2) is 25.3 Å². The second kappa shape index (κ2) is 5.95. The van der Waals surface area contributed by atoms with Gasteiger partial charge >= 0.3 is 6.09 Å². The number of carbonyl (C=O) groups excluding carboxylic acids is 2. The van der Waals surface area contributed by atoms with Gasteiger partial charge in [-0.25, -0.2) is 4.79 Å². The standard InChI is InChI=1S/C14H14Cl2N2O3/c1-7-8(2)13(17-12(7)19)21-14(20)18(3)9-4-5-10(15)11(16)6-9/h4-6,13H,1-3H3,(H,17,19). The van der Waals surface area contributed by atoms with Crippen molar-refractivity contribution in [3.8, 4) is 0 Å². The first-order valence-electron chi connectivity index (χ1n) is 6.19. The van der Waals surface area contributed by atoms with E-state index >= 15 is 0 Å². The number of nitrogens with zero attached hydrogens (tertiary/aromatic N) is 1. The first-order valence-corrected chi connectivity index (χ1v) is 6.94. The van der Waals surface area contributed by atoms with E-state index in [1.807, 2.05) is 0 Å². The van der Waals surface area contributed by atoms with Crippen LogP contribution < -0.4 is 10.2 Å². The molecule has 0 bridgehead atoms. The Labute approximate surface area is 132 Å². The largest absolute Gasteiger partial charge is 0.421 e. The number of hydrogen-bond acceptors (Lipinski definition) is 3. The lowest BCUT2D eigenvalue weighted by Gasteiger charge is -2.21. The monoisotopic (exact) mass is 328 g/mol. The number of carbonyl (C=O) groups is 2. The molecule has 0 aliphatic carbocycles. The number of nitrogens with one attached hydrogen (secondary N) is 1. The number of benzene rings is 1. The van der Waals surface area contributed by atoms with Crippen LogP contribution in [0.15, 0.2) is 29.3 Å². The van der Waals surface area contributed by atoms with E-state index in [0.29, 0.717) is 26.9 Å². The highest BCUT2D eigenvalue weighted by Gasteiger charge is 2.30. The first-order chi connectivity index (χ1) is 9.81. The van der Waals surface area contributed by atoms with Gasteiger partial charge in [-0.3, -0.25) is 9.69 Å². The summed E-state index contributed by atoms with van der Waals surface area (Å²) in [5.74, 6) is -0.234. The number of anilines is 1. The minimum Gasteiger partial charge on any atom is -0.421 e. The first kappa shape index (κ1) is 15.7. The zero-order valence-electron chi connectivity index (χ0n) is 11.7. The van der Waals surface area contributed by atoms with Gasteiger partial charge in [0, 0.05) is 18.3 Å². The number of amides is 2. The van der Waals surface area contributed by atoms with E-state index in [0.717, 1.165) is 0 Å². The molecule has 0 radical (unpaired) electrons. The molecular weight excluding hydrogens is 315 g/mol. The highest BCUT2D eigenvalue weighted by atomic mass is 35.5. The highest BCUT2D eigenvalue weighted by molar-refractivity contribution is 6.42. The summed E-state index contributed by atoms with van der Waals surface area (Å²) in [6, 6.07) is 4.80. The maximum Gasteiger partial charge on any atom is 0.416 e. The fourth-order valence-electron chi connectivity index (χ4n) is 1.81. The third-order valence-electron chi connectivity index (χ3n) is 3.37. The van der Waals surface area contributed by atoms with E-state index in [4.69, 9.17) is 27.9 Å². The zero-order chi connectivity index (χ0) is 15.7. The summed E-state index contributed by atoms with van der Waals surface area (Å²) >= 11 is 11.8. The second-order valence-electron chi connectivity index (χ2n) is 4.70. The molecule has 1 N–H and O–H groups in total. The van der Waals surface area contributed by atoms with E-state index < -0.39 is 12.3 Å². The third-order valence-corrected chi connectivity index (χ3v) is 4.11. The van der Waals surface area contributed by atoms with E-state index in [2.05, 4.69) is 5.32 Å². The normalized spacial score (nSPS) is 17.8. The van der Waals surface area contributed by atoms with Crippen LogP contribution in [0.4, 0.5) is 10.5 Å². The van der Waals surface area contributed by atoms with Crippen molar-refractivity contribution in [3.63, 3.8) is 0 Å². The van der Waals surface area contributed by atoms with Gasteiger partial charge in [-0.2, -0.15) is 0 Å².